The number of hydrogen-bond donors (Lipinski definition) is 0. The maximum Gasteiger partial charge on any atom is 0.143 e. The normalized spacial score (nSPS) is 11.6. The molecule has 0 unspecified atom stereocenters. The zero-order valence-electron chi connectivity index (χ0n) is 33.1. The summed E-state index contributed by atoms with van der Waals surface area (Å²) in [5.41, 5.74) is 16.9. The van der Waals surface area contributed by atoms with Gasteiger partial charge in [0.25, 0.3) is 0 Å². The van der Waals surface area contributed by atoms with Crippen LogP contribution in [0.25, 0.3) is 121 Å². The Labute approximate surface area is 352 Å². The predicted molar refractivity (Wildman–Crippen MR) is 254 cm³/mol. The van der Waals surface area contributed by atoms with E-state index in [1.807, 2.05) is 18.3 Å². The van der Waals surface area contributed by atoms with E-state index in [9.17, 15) is 0 Å². The van der Waals surface area contributed by atoms with Crippen LogP contribution in [0.3, 0.4) is 0 Å². The molecule has 3 nitrogen and oxygen atoms in total. The Morgan fingerprint density at radius 1 is 0.295 bits per heavy atom. The van der Waals surface area contributed by atoms with Crippen LogP contribution < -0.4 is 0 Å². The van der Waals surface area contributed by atoms with Gasteiger partial charge in [-0.3, -0.25) is 4.98 Å². The first-order chi connectivity index (χ1) is 30.2. The van der Waals surface area contributed by atoms with Crippen LogP contribution in [0.5, 0.6) is 0 Å². The molecule has 0 radical (unpaired) electrons. The van der Waals surface area contributed by atoms with E-state index in [4.69, 9.17) is 14.4 Å². The fourth-order valence-corrected chi connectivity index (χ4v) is 9.06. The van der Waals surface area contributed by atoms with Crippen LogP contribution >= 0.6 is 0 Å². The maximum absolute atomic E-state index is 6.41. The standard InChI is InChI=1S/C58H36N2O/c1-3-13-37(14-4-1)43-27-29-48-49-30-28-44(38-15-5-2-6-16-38)35-53(49)57-56(52(48)34-43)59-36-54(60-57)46-22-11-20-42(33-46)40-18-9-17-39(31-40)41-19-10-21-45(32-41)47-24-12-25-51-50-23-7-8-26-55(50)61-58(47)51/h1-36H. The van der Waals surface area contributed by atoms with Crippen molar-refractivity contribution >= 4 is 54.5 Å². The third-order valence-corrected chi connectivity index (χ3v) is 12.1. The molecule has 10 aromatic carbocycles. The summed E-state index contributed by atoms with van der Waals surface area (Å²) in [6.07, 6.45) is 1.94. The molecular formula is C58H36N2O. The summed E-state index contributed by atoms with van der Waals surface area (Å²) in [5.74, 6) is 0. The summed E-state index contributed by atoms with van der Waals surface area (Å²) in [7, 11) is 0. The zero-order chi connectivity index (χ0) is 40.3. The van der Waals surface area contributed by atoms with Gasteiger partial charge >= 0.3 is 0 Å². The Hall–Kier alpha value is -8.14. The monoisotopic (exact) mass is 776 g/mol. The lowest BCUT2D eigenvalue weighted by atomic mass is 9.93. The average molecular weight is 777 g/mol. The molecule has 0 aliphatic carbocycles. The Kier molecular flexibility index (Phi) is 8.17. The van der Waals surface area contributed by atoms with Gasteiger partial charge in [-0.25, -0.2) is 4.98 Å². The summed E-state index contributed by atoms with van der Waals surface area (Å²) < 4.78 is 6.41. The Bertz CT molecular complexity index is 3640. The summed E-state index contributed by atoms with van der Waals surface area (Å²) in [6, 6.07) is 75.5. The van der Waals surface area contributed by atoms with Gasteiger partial charge < -0.3 is 4.42 Å². The first-order valence-corrected chi connectivity index (χ1v) is 20.7. The number of para-hydroxylation sites is 2. The van der Waals surface area contributed by atoms with Crippen molar-refractivity contribution in [2.45, 2.75) is 0 Å². The lowest BCUT2D eigenvalue weighted by molar-refractivity contribution is 0.670. The van der Waals surface area contributed by atoms with E-state index < -0.39 is 0 Å². The van der Waals surface area contributed by atoms with Crippen LogP contribution in [0.15, 0.2) is 223 Å². The van der Waals surface area contributed by atoms with Crippen LogP contribution in [0, 0.1) is 0 Å². The quantitative estimate of drug-likeness (QED) is 0.158. The minimum absolute atomic E-state index is 0.836. The molecule has 0 N–H and O–H groups in total. The highest BCUT2D eigenvalue weighted by Crippen LogP contribution is 2.40. The van der Waals surface area contributed by atoms with Gasteiger partial charge in [0.15, 0.2) is 0 Å². The Morgan fingerprint density at radius 2 is 0.770 bits per heavy atom. The highest BCUT2D eigenvalue weighted by atomic mass is 16.3. The van der Waals surface area contributed by atoms with Gasteiger partial charge in [0.1, 0.15) is 11.2 Å². The number of rotatable bonds is 6. The summed E-state index contributed by atoms with van der Waals surface area (Å²) in [6.45, 7) is 0. The molecule has 3 heteroatoms. The molecule has 0 aliphatic heterocycles. The summed E-state index contributed by atoms with van der Waals surface area (Å²) >= 11 is 0. The lowest BCUT2D eigenvalue weighted by Crippen LogP contribution is -1.93. The van der Waals surface area contributed by atoms with Gasteiger partial charge in [-0.1, -0.05) is 176 Å². The van der Waals surface area contributed by atoms with Crippen LogP contribution in [0.4, 0.5) is 0 Å². The second-order valence-corrected chi connectivity index (χ2v) is 15.7. The molecule has 2 aromatic heterocycles. The van der Waals surface area contributed by atoms with Gasteiger partial charge in [0.05, 0.1) is 22.9 Å². The highest BCUT2D eigenvalue weighted by molar-refractivity contribution is 6.24. The molecule has 0 bridgehead atoms. The minimum atomic E-state index is 0.836. The summed E-state index contributed by atoms with van der Waals surface area (Å²) in [5, 5.41) is 6.79. The molecule has 0 saturated carbocycles. The highest BCUT2D eigenvalue weighted by Gasteiger charge is 2.16. The third-order valence-electron chi connectivity index (χ3n) is 12.1. The minimum Gasteiger partial charge on any atom is -0.455 e. The topological polar surface area (TPSA) is 38.9 Å². The number of benzene rings is 10. The van der Waals surface area contributed by atoms with Crippen molar-refractivity contribution in [3.05, 3.63) is 219 Å². The molecule has 2 heterocycles. The van der Waals surface area contributed by atoms with Crippen molar-refractivity contribution in [1.29, 1.82) is 0 Å². The molecular weight excluding hydrogens is 741 g/mol. The van der Waals surface area contributed by atoms with Gasteiger partial charge in [0.2, 0.25) is 0 Å². The van der Waals surface area contributed by atoms with Crippen LogP contribution in [0.2, 0.25) is 0 Å². The van der Waals surface area contributed by atoms with Crippen molar-refractivity contribution in [2.24, 2.45) is 0 Å². The lowest BCUT2D eigenvalue weighted by Gasteiger charge is -2.14. The Balaban J connectivity index is 0.952. The fraction of sp³-hybridized carbons (Fsp3) is 0. The van der Waals surface area contributed by atoms with E-state index in [1.54, 1.807) is 0 Å². The maximum atomic E-state index is 6.41. The van der Waals surface area contributed by atoms with Crippen LogP contribution in [-0.2, 0) is 0 Å². The SMILES string of the molecule is c1ccc(-c2ccc3c4ccc(-c5ccccc5)cc4c4nc(-c5cccc(-c6cccc(-c7cccc(-c8cccc9c8oc8ccccc89)c7)c6)c5)cnc4c3c2)cc1. The van der Waals surface area contributed by atoms with E-state index in [0.29, 0.717) is 0 Å². The van der Waals surface area contributed by atoms with Crippen LogP contribution in [-0.4, -0.2) is 9.97 Å². The number of furan rings is 1. The number of nitrogens with zero attached hydrogens (tertiary/aromatic N) is 2. The largest absolute Gasteiger partial charge is 0.455 e. The first-order valence-electron chi connectivity index (χ1n) is 20.7. The number of hydrogen-bond acceptors (Lipinski definition) is 3. The van der Waals surface area contributed by atoms with Crippen molar-refractivity contribution in [3.63, 3.8) is 0 Å². The molecule has 0 fully saturated rings. The van der Waals surface area contributed by atoms with Crippen molar-refractivity contribution in [2.75, 3.05) is 0 Å². The first kappa shape index (κ1) is 34.9. The average Bonchev–Trinajstić information content (AvgIpc) is 3.73. The predicted octanol–water partition coefficient (Wildman–Crippen LogP) is 15.8. The molecule has 0 aliphatic rings. The van der Waals surface area contributed by atoms with E-state index in [2.05, 4.69) is 200 Å². The molecule has 12 aromatic rings. The van der Waals surface area contributed by atoms with E-state index in [-0.39, 0.29) is 0 Å². The molecule has 0 spiro atoms. The van der Waals surface area contributed by atoms with Gasteiger partial charge in [0, 0.05) is 32.7 Å². The van der Waals surface area contributed by atoms with Crippen molar-refractivity contribution in [1.82, 2.24) is 9.97 Å². The third kappa shape index (κ3) is 6.06. The smallest absolute Gasteiger partial charge is 0.143 e. The second-order valence-electron chi connectivity index (χ2n) is 15.7. The van der Waals surface area contributed by atoms with E-state index >= 15 is 0 Å². The number of fused-ring (bicyclic) bond motifs is 9. The molecule has 0 atom stereocenters. The number of aromatic nitrogens is 2. The molecule has 284 valence electrons. The molecule has 61 heavy (non-hydrogen) atoms. The summed E-state index contributed by atoms with van der Waals surface area (Å²) in [4.78, 5) is 10.7. The van der Waals surface area contributed by atoms with Gasteiger partial charge in [-0.15, -0.1) is 0 Å². The molecule has 12 rings (SSSR count). The molecule has 0 saturated heterocycles. The van der Waals surface area contributed by atoms with Gasteiger partial charge in [-0.05, 0) is 97.2 Å². The van der Waals surface area contributed by atoms with Crippen molar-refractivity contribution < 1.29 is 4.42 Å². The van der Waals surface area contributed by atoms with E-state index in [0.717, 1.165) is 105 Å². The molecule has 0 amide bonds. The Morgan fingerprint density at radius 3 is 1.43 bits per heavy atom. The van der Waals surface area contributed by atoms with Crippen LogP contribution in [0.1, 0.15) is 0 Å². The van der Waals surface area contributed by atoms with Crippen molar-refractivity contribution in [3.8, 4) is 66.9 Å². The van der Waals surface area contributed by atoms with Gasteiger partial charge in [-0.2, -0.15) is 0 Å². The van der Waals surface area contributed by atoms with E-state index in [1.165, 1.54) is 16.5 Å². The fourth-order valence-electron chi connectivity index (χ4n) is 9.06. The second kappa shape index (κ2) is 14.3. The zero-order valence-corrected chi connectivity index (χ0v) is 33.1.